The Hall–Kier alpha value is -2.29. The third-order valence-corrected chi connectivity index (χ3v) is 3.15. The molecule has 0 atom stereocenters. The number of carbonyl (C=O) groups excluding carboxylic acids is 1. The van der Waals surface area contributed by atoms with Crippen LogP contribution >= 0.6 is 0 Å². The summed E-state index contributed by atoms with van der Waals surface area (Å²) in [7, 11) is 1.73. The summed E-state index contributed by atoms with van der Waals surface area (Å²) in [5, 5.41) is 9.27. The minimum atomic E-state index is -0.0526. The maximum Gasteiger partial charge on any atom is 0.258 e. The number of hydrogen-bond acceptors (Lipinski definition) is 2. The van der Waals surface area contributed by atoms with E-state index in [1.54, 1.807) is 36.2 Å². The maximum atomic E-state index is 12.4. The van der Waals surface area contributed by atoms with Crippen LogP contribution in [-0.4, -0.2) is 18.1 Å². The van der Waals surface area contributed by atoms with Crippen molar-refractivity contribution in [2.75, 3.05) is 11.9 Å². The number of nitrogens with zero attached hydrogens (tertiary/aromatic N) is 1. The Kier molecular flexibility index (Phi) is 3.56. The highest BCUT2D eigenvalue weighted by atomic mass is 16.3. The van der Waals surface area contributed by atoms with Crippen LogP contribution < -0.4 is 4.90 Å². The van der Waals surface area contributed by atoms with E-state index in [0.717, 1.165) is 16.8 Å². The molecule has 0 heterocycles. The van der Waals surface area contributed by atoms with Gasteiger partial charge in [-0.25, -0.2) is 0 Å². The topological polar surface area (TPSA) is 40.5 Å². The zero-order valence-electron chi connectivity index (χ0n) is 11.3. The predicted molar refractivity (Wildman–Crippen MR) is 76.8 cm³/mol. The molecule has 0 fully saturated rings. The van der Waals surface area contributed by atoms with Gasteiger partial charge in [0.25, 0.3) is 5.91 Å². The molecule has 19 heavy (non-hydrogen) atoms. The van der Waals surface area contributed by atoms with Crippen LogP contribution in [0.5, 0.6) is 5.75 Å². The summed E-state index contributed by atoms with van der Waals surface area (Å²) in [5.74, 6) is 0.138. The first-order chi connectivity index (χ1) is 8.99. The molecule has 2 aromatic carbocycles. The van der Waals surface area contributed by atoms with Crippen LogP contribution in [0.3, 0.4) is 0 Å². The number of phenols is 1. The van der Waals surface area contributed by atoms with E-state index in [1.165, 1.54) is 0 Å². The lowest BCUT2D eigenvalue weighted by Crippen LogP contribution is -2.26. The van der Waals surface area contributed by atoms with Crippen LogP contribution in [0, 0.1) is 13.8 Å². The Balaban J connectivity index is 2.30. The normalized spacial score (nSPS) is 10.3. The van der Waals surface area contributed by atoms with E-state index in [-0.39, 0.29) is 11.7 Å². The Labute approximate surface area is 113 Å². The van der Waals surface area contributed by atoms with Crippen LogP contribution in [0.2, 0.25) is 0 Å². The van der Waals surface area contributed by atoms with Crippen molar-refractivity contribution >= 4 is 11.6 Å². The van der Waals surface area contributed by atoms with Gasteiger partial charge in [0.2, 0.25) is 0 Å². The Bertz CT molecular complexity index is 603. The Morgan fingerprint density at radius 1 is 1.05 bits per heavy atom. The second-order valence-electron chi connectivity index (χ2n) is 4.70. The molecule has 0 radical (unpaired) electrons. The molecule has 0 bridgehead atoms. The average molecular weight is 255 g/mol. The monoisotopic (exact) mass is 255 g/mol. The fourth-order valence-corrected chi connectivity index (χ4v) is 2.03. The number of benzene rings is 2. The van der Waals surface area contributed by atoms with Gasteiger partial charge in [-0.1, -0.05) is 17.7 Å². The summed E-state index contributed by atoms with van der Waals surface area (Å²) in [5.41, 5.74) is 3.56. The minimum Gasteiger partial charge on any atom is -0.508 e. The van der Waals surface area contributed by atoms with Gasteiger partial charge in [-0.05, 0) is 49.7 Å². The largest absolute Gasteiger partial charge is 0.508 e. The van der Waals surface area contributed by atoms with Crippen LogP contribution in [0.15, 0.2) is 42.5 Å². The van der Waals surface area contributed by atoms with E-state index in [4.69, 9.17) is 0 Å². The van der Waals surface area contributed by atoms with Crippen LogP contribution in [0.4, 0.5) is 5.69 Å². The molecular formula is C16H17NO2. The first-order valence-corrected chi connectivity index (χ1v) is 6.13. The van der Waals surface area contributed by atoms with Crippen molar-refractivity contribution in [3.05, 3.63) is 59.2 Å². The molecular weight excluding hydrogens is 238 g/mol. The lowest BCUT2D eigenvalue weighted by molar-refractivity contribution is 0.0992. The van der Waals surface area contributed by atoms with E-state index >= 15 is 0 Å². The number of aryl methyl sites for hydroxylation is 2. The number of phenolic OH excluding ortho intramolecular Hbond substituents is 1. The molecule has 0 saturated heterocycles. The van der Waals surface area contributed by atoms with E-state index < -0.39 is 0 Å². The average Bonchev–Trinajstić information content (AvgIpc) is 2.38. The minimum absolute atomic E-state index is 0.0526. The van der Waals surface area contributed by atoms with Gasteiger partial charge in [-0.3, -0.25) is 4.79 Å². The molecule has 1 N–H and O–H groups in total. The number of aromatic hydroxyl groups is 1. The van der Waals surface area contributed by atoms with Gasteiger partial charge in [0.05, 0.1) is 0 Å². The van der Waals surface area contributed by atoms with Gasteiger partial charge in [-0.15, -0.1) is 0 Å². The van der Waals surface area contributed by atoms with Crippen molar-refractivity contribution < 1.29 is 9.90 Å². The molecule has 3 heteroatoms. The SMILES string of the molecule is Cc1ccc(C(=O)N(C)c2ccc(O)cc2)c(C)c1. The van der Waals surface area contributed by atoms with Gasteiger partial charge in [-0.2, -0.15) is 0 Å². The van der Waals surface area contributed by atoms with Crippen molar-refractivity contribution in [1.29, 1.82) is 0 Å². The van der Waals surface area contributed by atoms with Crippen molar-refractivity contribution in [2.24, 2.45) is 0 Å². The smallest absolute Gasteiger partial charge is 0.258 e. The molecule has 0 aliphatic heterocycles. The fourth-order valence-electron chi connectivity index (χ4n) is 2.03. The summed E-state index contributed by atoms with van der Waals surface area (Å²) in [6, 6.07) is 12.4. The van der Waals surface area contributed by atoms with Crippen molar-refractivity contribution in [3.63, 3.8) is 0 Å². The van der Waals surface area contributed by atoms with Gasteiger partial charge in [0.15, 0.2) is 0 Å². The predicted octanol–water partition coefficient (Wildman–Crippen LogP) is 3.29. The Morgan fingerprint density at radius 2 is 1.68 bits per heavy atom. The molecule has 0 aliphatic rings. The molecule has 3 nitrogen and oxygen atoms in total. The summed E-state index contributed by atoms with van der Waals surface area (Å²) in [4.78, 5) is 14.0. The highest BCUT2D eigenvalue weighted by Gasteiger charge is 2.15. The number of rotatable bonds is 2. The second kappa shape index (κ2) is 5.14. The van der Waals surface area contributed by atoms with Crippen LogP contribution in [0.25, 0.3) is 0 Å². The molecule has 1 amide bonds. The standard InChI is InChI=1S/C16H17NO2/c1-11-4-9-15(12(2)10-11)16(19)17(3)13-5-7-14(18)8-6-13/h4-10,18H,1-3H3. The van der Waals surface area contributed by atoms with Gasteiger partial charge >= 0.3 is 0 Å². The lowest BCUT2D eigenvalue weighted by Gasteiger charge is -2.18. The molecule has 98 valence electrons. The zero-order chi connectivity index (χ0) is 14.0. The number of amides is 1. The van der Waals surface area contributed by atoms with E-state index in [2.05, 4.69) is 0 Å². The number of anilines is 1. The van der Waals surface area contributed by atoms with Gasteiger partial charge in [0.1, 0.15) is 5.75 Å². The summed E-state index contributed by atoms with van der Waals surface area (Å²) in [6.07, 6.45) is 0. The summed E-state index contributed by atoms with van der Waals surface area (Å²) < 4.78 is 0. The third-order valence-electron chi connectivity index (χ3n) is 3.15. The number of hydrogen-bond donors (Lipinski definition) is 1. The summed E-state index contributed by atoms with van der Waals surface area (Å²) in [6.45, 7) is 3.94. The molecule has 2 rings (SSSR count). The maximum absolute atomic E-state index is 12.4. The van der Waals surface area contributed by atoms with Crippen molar-refractivity contribution in [3.8, 4) is 5.75 Å². The summed E-state index contributed by atoms with van der Waals surface area (Å²) >= 11 is 0. The van der Waals surface area contributed by atoms with Crippen molar-refractivity contribution in [1.82, 2.24) is 0 Å². The van der Waals surface area contributed by atoms with Crippen LogP contribution in [0.1, 0.15) is 21.5 Å². The first-order valence-electron chi connectivity index (χ1n) is 6.13. The van der Waals surface area contributed by atoms with Gasteiger partial charge in [0, 0.05) is 18.3 Å². The lowest BCUT2D eigenvalue weighted by atomic mass is 10.0. The molecule has 0 aromatic heterocycles. The van der Waals surface area contributed by atoms with Crippen LogP contribution in [-0.2, 0) is 0 Å². The molecule has 0 spiro atoms. The van der Waals surface area contributed by atoms with Crippen molar-refractivity contribution in [2.45, 2.75) is 13.8 Å². The van der Waals surface area contributed by atoms with E-state index in [9.17, 15) is 9.90 Å². The van der Waals surface area contributed by atoms with Gasteiger partial charge < -0.3 is 10.0 Å². The zero-order valence-corrected chi connectivity index (χ0v) is 11.3. The first kappa shape index (κ1) is 13.1. The highest BCUT2D eigenvalue weighted by Crippen LogP contribution is 2.20. The number of carbonyl (C=O) groups is 1. The third kappa shape index (κ3) is 2.76. The van der Waals surface area contributed by atoms with E-state index in [0.29, 0.717) is 5.56 Å². The molecule has 0 saturated carbocycles. The molecule has 0 aliphatic carbocycles. The van der Waals surface area contributed by atoms with E-state index in [1.807, 2.05) is 32.0 Å². The fraction of sp³-hybridized carbons (Fsp3) is 0.188. The molecule has 0 unspecified atom stereocenters. The Morgan fingerprint density at radius 3 is 2.26 bits per heavy atom. The highest BCUT2D eigenvalue weighted by molar-refractivity contribution is 6.06. The second-order valence-corrected chi connectivity index (χ2v) is 4.70. The quantitative estimate of drug-likeness (QED) is 0.894. The molecule has 2 aromatic rings.